The summed E-state index contributed by atoms with van der Waals surface area (Å²) in [5, 5.41) is 7.74. The van der Waals surface area contributed by atoms with Gasteiger partial charge in [-0.05, 0) is 36.2 Å². The lowest BCUT2D eigenvalue weighted by atomic mass is 10.1. The Kier molecular flexibility index (Phi) is 3.61. The van der Waals surface area contributed by atoms with Crippen LogP contribution in [0.4, 0.5) is 0 Å². The van der Waals surface area contributed by atoms with Gasteiger partial charge < -0.3 is 4.90 Å². The van der Waals surface area contributed by atoms with Crippen molar-refractivity contribution in [3.63, 3.8) is 0 Å². The van der Waals surface area contributed by atoms with E-state index in [-0.39, 0.29) is 11.9 Å². The Labute approximate surface area is 140 Å². The van der Waals surface area contributed by atoms with Crippen LogP contribution in [-0.4, -0.2) is 38.9 Å². The molecule has 0 aliphatic heterocycles. The fraction of sp³-hybridized carbons (Fsp3) is 0.211. The normalized spacial score (nSPS) is 19.0. The molecule has 1 fully saturated rings. The molecule has 5 nitrogen and oxygen atoms in total. The number of rotatable bonds is 4. The first kappa shape index (κ1) is 14.6. The van der Waals surface area contributed by atoms with Gasteiger partial charge in [0.25, 0.3) is 5.91 Å². The van der Waals surface area contributed by atoms with Crippen LogP contribution in [0, 0.1) is 0 Å². The predicted molar refractivity (Wildman–Crippen MR) is 91.0 cm³/mol. The van der Waals surface area contributed by atoms with Gasteiger partial charge in [0.15, 0.2) is 0 Å². The number of hydrogen-bond donors (Lipinski definition) is 0. The molecule has 1 aliphatic carbocycles. The molecule has 2 aromatic carbocycles. The average Bonchev–Trinajstić information content (AvgIpc) is 3.26. The van der Waals surface area contributed by atoms with Crippen molar-refractivity contribution >= 4 is 5.91 Å². The number of aromatic nitrogens is 3. The Bertz CT molecular complexity index is 828. The van der Waals surface area contributed by atoms with E-state index in [1.807, 2.05) is 42.3 Å². The summed E-state index contributed by atoms with van der Waals surface area (Å²) in [6.45, 7) is 0. The van der Waals surface area contributed by atoms with E-state index in [9.17, 15) is 4.79 Å². The predicted octanol–water partition coefficient (Wildman–Crippen LogP) is 2.90. The largest absolute Gasteiger partial charge is 0.338 e. The van der Waals surface area contributed by atoms with E-state index in [1.165, 1.54) is 5.56 Å². The van der Waals surface area contributed by atoms with Crippen molar-refractivity contribution in [3.8, 4) is 5.69 Å². The Balaban J connectivity index is 1.46. The van der Waals surface area contributed by atoms with Crippen molar-refractivity contribution in [3.05, 3.63) is 78.1 Å². The topological polar surface area (TPSA) is 51.0 Å². The summed E-state index contributed by atoms with van der Waals surface area (Å²) in [6, 6.07) is 18.1. The summed E-state index contributed by atoms with van der Waals surface area (Å²) in [5.74, 6) is 0.512. The maximum absolute atomic E-state index is 12.7. The van der Waals surface area contributed by atoms with Gasteiger partial charge in [-0.2, -0.15) is 0 Å². The molecule has 0 spiro atoms. The number of hydrogen-bond acceptors (Lipinski definition) is 3. The lowest BCUT2D eigenvalue weighted by molar-refractivity contribution is 0.0782. The number of carbonyl (C=O) groups excluding carboxylic acids is 1. The standard InChI is InChI=1S/C19H18N4O/c1-22(18-13-17(18)14-5-3-2-4-6-14)19(24)15-7-9-16(10-8-15)23-12-11-20-21-23/h2-12,17-18H,13H2,1H3/t17-,18-/m1/s1. The van der Waals surface area contributed by atoms with Crippen LogP contribution in [0.15, 0.2) is 67.0 Å². The van der Waals surface area contributed by atoms with Gasteiger partial charge in [-0.25, -0.2) is 4.68 Å². The third-order valence-corrected chi connectivity index (χ3v) is 4.60. The van der Waals surface area contributed by atoms with Gasteiger partial charge in [0.05, 0.1) is 18.1 Å². The summed E-state index contributed by atoms with van der Waals surface area (Å²) < 4.78 is 1.67. The minimum Gasteiger partial charge on any atom is -0.338 e. The average molecular weight is 318 g/mol. The third kappa shape index (κ3) is 2.69. The first-order valence-corrected chi connectivity index (χ1v) is 8.03. The highest BCUT2D eigenvalue weighted by atomic mass is 16.2. The second kappa shape index (κ2) is 5.92. The molecule has 1 heterocycles. The molecule has 5 heteroatoms. The van der Waals surface area contributed by atoms with Crippen molar-refractivity contribution in [1.29, 1.82) is 0 Å². The van der Waals surface area contributed by atoms with Crippen LogP contribution in [0.1, 0.15) is 28.3 Å². The zero-order valence-corrected chi connectivity index (χ0v) is 13.4. The molecule has 0 N–H and O–H groups in total. The monoisotopic (exact) mass is 318 g/mol. The fourth-order valence-corrected chi connectivity index (χ4v) is 3.13. The highest BCUT2D eigenvalue weighted by molar-refractivity contribution is 5.94. The molecule has 120 valence electrons. The van der Waals surface area contributed by atoms with E-state index in [2.05, 4.69) is 34.6 Å². The van der Waals surface area contributed by atoms with Gasteiger partial charge in [0, 0.05) is 24.6 Å². The van der Waals surface area contributed by atoms with Crippen molar-refractivity contribution in [2.24, 2.45) is 0 Å². The first-order valence-electron chi connectivity index (χ1n) is 8.03. The molecule has 1 amide bonds. The lowest BCUT2D eigenvalue weighted by Crippen LogP contribution is -2.29. The van der Waals surface area contributed by atoms with Crippen molar-refractivity contribution in [2.75, 3.05) is 7.05 Å². The first-order chi connectivity index (χ1) is 11.7. The molecule has 3 aromatic rings. The maximum Gasteiger partial charge on any atom is 0.253 e. The van der Waals surface area contributed by atoms with E-state index in [1.54, 1.807) is 17.1 Å². The molecule has 4 rings (SSSR count). The molecule has 0 saturated heterocycles. The Morgan fingerprint density at radius 3 is 2.54 bits per heavy atom. The van der Waals surface area contributed by atoms with E-state index < -0.39 is 0 Å². The third-order valence-electron chi connectivity index (χ3n) is 4.60. The van der Waals surface area contributed by atoms with Crippen molar-refractivity contribution < 1.29 is 4.79 Å². The van der Waals surface area contributed by atoms with Gasteiger partial charge in [0.1, 0.15) is 0 Å². The molecule has 1 saturated carbocycles. The Morgan fingerprint density at radius 1 is 1.12 bits per heavy atom. The van der Waals surface area contributed by atoms with Crippen LogP contribution < -0.4 is 0 Å². The summed E-state index contributed by atoms with van der Waals surface area (Å²) in [5.41, 5.74) is 2.89. The van der Waals surface area contributed by atoms with Crippen LogP contribution >= 0.6 is 0 Å². The molecule has 0 unspecified atom stereocenters. The molecular weight excluding hydrogens is 300 g/mol. The van der Waals surface area contributed by atoms with Gasteiger partial charge >= 0.3 is 0 Å². The van der Waals surface area contributed by atoms with Crippen LogP contribution in [-0.2, 0) is 0 Å². The second-order valence-electron chi connectivity index (χ2n) is 6.13. The maximum atomic E-state index is 12.7. The lowest BCUT2D eigenvalue weighted by Gasteiger charge is -2.18. The van der Waals surface area contributed by atoms with Crippen molar-refractivity contribution in [1.82, 2.24) is 19.9 Å². The SMILES string of the molecule is CN(C(=O)c1ccc(-n2ccnn2)cc1)[C@@H]1C[C@@H]1c1ccccc1. The Morgan fingerprint density at radius 2 is 1.88 bits per heavy atom. The summed E-state index contributed by atoms with van der Waals surface area (Å²) in [7, 11) is 1.89. The minimum atomic E-state index is 0.0589. The van der Waals surface area contributed by atoms with Crippen LogP contribution in [0.3, 0.4) is 0 Å². The second-order valence-corrected chi connectivity index (χ2v) is 6.13. The fourth-order valence-electron chi connectivity index (χ4n) is 3.13. The number of likely N-dealkylation sites (N-methyl/N-ethyl adjacent to an activating group) is 1. The van der Waals surface area contributed by atoms with Crippen LogP contribution in [0.2, 0.25) is 0 Å². The Hall–Kier alpha value is -2.95. The van der Waals surface area contributed by atoms with Crippen LogP contribution in [0.5, 0.6) is 0 Å². The highest BCUT2D eigenvalue weighted by Crippen LogP contribution is 2.44. The number of carbonyl (C=O) groups is 1. The quantitative estimate of drug-likeness (QED) is 0.743. The van der Waals surface area contributed by atoms with Crippen molar-refractivity contribution in [2.45, 2.75) is 18.4 Å². The molecule has 1 aliphatic rings. The van der Waals surface area contributed by atoms with E-state index in [0.717, 1.165) is 12.1 Å². The summed E-state index contributed by atoms with van der Waals surface area (Å²) >= 11 is 0. The van der Waals surface area contributed by atoms with Gasteiger partial charge in [0.2, 0.25) is 0 Å². The van der Waals surface area contributed by atoms with Crippen LogP contribution in [0.25, 0.3) is 5.69 Å². The molecule has 0 radical (unpaired) electrons. The number of nitrogens with zero attached hydrogens (tertiary/aromatic N) is 4. The zero-order valence-electron chi connectivity index (χ0n) is 13.4. The molecular formula is C19H18N4O. The zero-order chi connectivity index (χ0) is 16.5. The number of amides is 1. The minimum absolute atomic E-state index is 0.0589. The number of benzene rings is 2. The van der Waals surface area contributed by atoms with E-state index in [0.29, 0.717) is 11.5 Å². The summed E-state index contributed by atoms with van der Waals surface area (Å²) in [4.78, 5) is 14.6. The summed E-state index contributed by atoms with van der Waals surface area (Å²) in [6.07, 6.45) is 4.44. The van der Waals surface area contributed by atoms with E-state index >= 15 is 0 Å². The van der Waals surface area contributed by atoms with Gasteiger partial charge in [-0.3, -0.25) is 4.79 Å². The molecule has 2 atom stereocenters. The van der Waals surface area contributed by atoms with Gasteiger partial charge in [-0.1, -0.05) is 35.5 Å². The molecule has 1 aromatic heterocycles. The van der Waals surface area contributed by atoms with Gasteiger partial charge in [-0.15, -0.1) is 5.10 Å². The van der Waals surface area contributed by atoms with E-state index in [4.69, 9.17) is 0 Å². The highest BCUT2D eigenvalue weighted by Gasteiger charge is 2.43. The smallest absolute Gasteiger partial charge is 0.253 e. The molecule has 24 heavy (non-hydrogen) atoms. The molecule has 0 bridgehead atoms.